The summed E-state index contributed by atoms with van der Waals surface area (Å²) in [6.07, 6.45) is 3.76. The van der Waals surface area contributed by atoms with Gasteiger partial charge in [-0.05, 0) is 11.9 Å². The fourth-order valence-corrected chi connectivity index (χ4v) is 1.05. The average Bonchev–Trinajstić information content (AvgIpc) is 1.86. The molecule has 1 atom stereocenters. The molecular formula is C3H3BrNS. The van der Waals surface area contributed by atoms with Crippen molar-refractivity contribution in [2.45, 2.75) is 10.6 Å². The van der Waals surface area contributed by atoms with E-state index in [4.69, 9.17) is 0 Å². The van der Waals surface area contributed by atoms with Crippen LogP contribution in [0.2, 0.25) is 0 Å². The van der Waals surface area contributed by atoms with Crippen molar-refractivity contribution in [2.75, 3.05) is 0 Å². The number of hydrogen-bond donors (Lipinski definition) is 0. The third kappa shape index (κ3) is 0.980. The van der Waals surface area contributed by atoms with Crippen LogP contribution in [-0.2, 0) is 0 Å². The van der Waals surface area contributed by atoms with E-state index >= 15 is 0 Å². The Labute approximate surface area is 49.5 Å². The van der Waals surface area contributed by atoms with E-state index in [0.717, 1.165) is 6.42 Å². The molecule has 1 heterocycles. The van der Waals surface area contributed by atoms with Gasteiger partial charge in [0.15, 0.2) is 0 Å². The van der Waals surface area contributed by atoms with E-state index in [2.05, 4.69) is 26.5 Å². The highest BCUT2D eigenvalue weighted by atomic mass is 79.9. The van der Waals surface area contributed by atoms with E-state index in [0.29, 0.717) is 4.16 Å². The maximum atomic E-state index is 3.78. The normalized spacial score (nSPS) is 31.8. The molecule has 0 spiro atoms. The fourth-order valence-electron chi connectivity index (χ4n) is 0.241. The van der Waals surface area contributed by atoms with E-state index in [1.54, 1.807) is 0 Å². The predicted molar refractivity (Wildman–Crippen MR) is 32.4 cm³/mol. The van der Waals surface area contributed by atoms with Gasteiger partial charge in [0.2, 0.25) is 0 Å². The van der Waals surface area contributed by atoms with Gasteiger partial charge in [-0.25, -0.2) is 4.40 Å². The molecule has 0 aromatic carbocycles. The molecule has 1 unspecified atom stereocenters. The van der Waals surface area contributed by atoms with Gasteiger partial charge in [0.1, 0.15) is 0 Å². The van der Waals surface area contributed by atoms with Gasteiger partial charge < -0.3 is 0 Å². The summed E-state index contributed by atoms with van der Waals surface area (Å²) in [5, 5.41) is 0. The predicted octanol–water partition coefficient (Wildman–Crippen LogP) is 1.71. The van der Waals surface area contributed by atoms with E-state index in [9.17, 15) is 0 Å². The molecule has 0 N–H and O–H groups in total. The van der Waals surface area contributed by atoms with Crippen LogP contribution < -0.4 is 0 Å². The summed E-state index contributed by atoms with van der Waals surface area (Å²) in [5.74, 6) is 0. The average molecular weight is 165 g/mol. The molecule has 1 nitrogen and oxygen atoms in total. The van der Waals surface area contributed by atoms with Gasteiger partial charge in [-0.15, -0.1) is 0 Å². The van der Waals surface area contributed by atoms with Crippen molar-refractivity contribution in [3.05, 3.63) is 0 Å². The molecule has 33 valence electrons. The summed E-state index contributed by atoms with van der Waals surface area (Å²) in [6.45, 7) is 0. The quantitative estimate of drug-likeness (QED) is 0.393. The van der Waals surface area contributed by atoms with Crippen molar-refractivity contribution in [1.82, 2.24) is 0 Å². The highest BCUT2D eigenvalue weighted by Gasteiger charge is 2.05. The van der Waals surface area contributed by atoms with Crippen LogP contribution in [0, 0.1) is 0 Å². The van der Waals surface area contributed by atoms with Gasteiger partial charge in [-0.2, -0.15) is 0 Å². The first kappa shape index (κ1) is 4.65. The molecule has 0 bridgehead atoms. The largest absolute Gasteiger partial charge is 0.218 e. The summed E-state index contributed by atoms with van der Waals surface area (Å²) in [5.41, 5.74) is 0. The zero-order chi connectivity index (χ0) is 4.41. The smallest absolute Gasteiger partial charge is 0.0874 e. The topological polar surface area (TPSA) is 12.4 Å². The highest BCUT2D eigenvalue weighted by molar-refractivity contribution is 9.11. The summed E-state index contributed by atoms with van der Waals surface area (Å²) in [6, 6.07) is 0. The molecule has 1 aliphatic heterocycles. The molecule has 0 saturated heterocycles. The van der Waals surface area contributed by atoms with Crippen LogP contribution in [0.3, 0.4) is 0 Å². The first-order valence-electron chi connectivity index (χ1n) is 1.62. The van der Waals surface area contributed by atoms with Crippen molar-refractivity contribution in [3.63, 3.8) is 0 Å². The number of rotatable bonds is 0. The number of nitrogens with zero attached hydrogens (tertiary/aromatic N) is 1. The van der Waals surface area contributed by atoms with Crippen LogP contribution in [-0.4, -0.2) is 10.4 Å². The zero-order valence-electron chi connectivity index (χ0n) is 3.02. The Bertz CT molecular complexity index is 65.2. The van der Waals surface area contributed by atoms with E-state index in [-0.39, 0.29) is 0 Å². The van der Waals surface area contributed by atoms with Gasteiger partial charge >= 0.3 is 0 Å². The number of halogens is 1. The summed E-state index contributed by atoms with van der Waals surface area (Å²) >= 11 is 4.87. The number of hydrogen-bond acceptors (Lipinski definition) is 2. The Morgan fingerprint density at radius 3 is 3.00 bits per heavy atom. The molecule has 0 aliphatic carbocycles. The van der Waals surface area contributed by atoms with Crippen LogP contribution in [0.15, 0.2) is 4.40 Å². The molecule has 0 fully saturated rings. The first-order chi connectivity index (χ1) is 2.89. The molecule has 0 amide bonds. The lowest BCUT2D eigenvalue weighted by molar-refractivity contribution is 1.33. The SMILES string of the molecule is BrC1C[C]=NS1. The van der Waals surface area contributed by atoms with Crippen LogP contribution in [0.5, 0.6) is 0 Å². The van der Waals surface area contributed by atoms with E-state index < -0.39 is 0 Å². The Hall–Kier alpha value is 0.500. The van der Waals surface area contributed by atoms with Crippen LogP contribution in [0.4, 0.5) is 0 Å². The fraction of sp³-hybridized carbons (Fsp3) is 0.667. The standard InChI is InChI=1S/C3H3BrNS/c4-3-1-2-5-6-3/h3H,1H2. The van der Waals surface area contributed by atoms with Gasteiger partial charge in [-0.3, -0.25) is 0 Å². The van der Waals surface area contributed by atoms with Crippen LogP contribution in [0.25, 0.3) is 0 Å². The molecule has 6 heavy (non-hydrogen) atoms. The van der Waals surface area contributed by atoms with E-state index in [1.165, 1.54) is 11.9 Å². The Kier molecular flexibility index (Phi) is 1.54. The molecular weight excluding hydrogens is 162 g/mol. The maximum absolute atomic E-state index is 3.78. The highest BCUT2D eigenvalue weighted by Crippen LogP contribution is 2.25. The lowest BCUT2D eigenvalue weighted by Crippen LogP contribution is -1.79. The Morgan fingerprint density at radius 2 is 2.83 bits per heavy atom. The van der Waals surface area contributed by atoms with Gasteiger partial charge in [0, 0.05) is 6.42 Å². The molecule has 0 aromatic heterocycles. The minimum Gasteiger partial charge on any atom is -0.218 e. The third-order valence-corrected chi connectivity index (χ3v) is 1.94. The second-order valence-corrected chi connectivity index (χ2v) is 3.64. The molecule has 0 aromatic rings. The zero-order valence-corrected chi connectivity index (χ0v) is 5.42. The monoisotopic (exact) mass is 164 g/mol. The van der Waals surface area contributed by atoms with Crippen molar-refractivity contribution >= 4 is 34.1 Å². The Morgan fingerprint density at radius 1 is 2.00 bits per heavy atom. The van der Waals surface area contributed by atoms with Crippen LogP contribution in [0.1, 0.15) is 6.42 Å². The Balaban J connectivity index is 2.32. The van der Waals surface area contributed by atoms with Crippen LogP contribution >= 0.6 is 27.9 Å². The second kappa shape index (κ2) is 1.98. The number of alkyl halides is 1. The molecule has 0 saturated carbocycles. The second-order valence-electron chi connectivity index (χ2n) is 0.969. The van der Waals surface area contributed by atoms with Crippen molar-refractivity contribution in [3.8, 4) is 0 Å². The molecule has 1 radical (unpaired) electrons. The molecule has 1 rings (SSSR count). The molecule has 3 heteroatoms. The van der Waals surface area contributed by atoms with Gasteiger partial charge in [0.25, 0.3) is 0 Å². The minimum absolute atomic E-state index is 0.498. The van der Waals surface area contributed by atoms with Gasteiger partial charge in [0.05, 0.1) is 10.4 Å². The summed E-state index contributed by atoms with van der Waals surface area (Å²) in [4.78, 5) is 0. The minimum atomic E-state index is 0.498. The van der Waals surface area contributed by atoms with Crippen molar-refractivity contribution in [2.24, 2.45) is 4.40 Å². The van der Waals surface area contributed by atoms with E-state index in [1.807, 2.05) is 0 Å². The lowest BCUT2D eigenvalue weighted by Gasteiger charge is -1.85. The third-order valence-electron chi connectivity index (χ3n) is 0.483. The van der Waals surface area contributed by atoms with Crippen molar-refractivity contribution in [1.29, 1.82) is 0 Å². The van der Waals surface area contributed by atoms with Crippen molar-refractivity contribution < 1.29 is 0 Å². The summed E-state index contributed by atoms with van der Waals surface area (Å²) < 4.78 is 4.28. The lowest BCUT2D eigenvalue weighted by atomic mass is 10.5. The first-order valence-corrected chi connectivity index (χ1v) is 3.37. The maximum Gasteiger partial charge on any atom is 0.0874 e. The van der Waals surface area contributed by atoms with Gasteiger partial charge in [-0.1, -0.05) is 15.9 Å². The summed E-state index contributed by atoms with van der Waals surface area (Å²) in [7, 11) is 0. The molecule has 1 aliphatic rings.